The molecule has 1 heterocycles. The predicted octanol–water partition coefficient (Wildman–Crippen LogP) is 2.00. The first-order valence-electron chi connectivity index (χ1n) is 7.40. The number of rotatable bonds is 5. The average molecular weight is 240 g/mol. The normalized spacial score (nSPS) is 28.8. The predicted molar refractivity (Wildman–Crippen MR) is 71.0 cm³/mol. The number of hydrogen-bond acceptors (Lipinski definition) is 3. The molecule has 1 aliphatic carbocycles. The summed E-state index contributed by atoms with van der Waals surface area (Å²) in [5, 5.41) is 0. The number of ether oxygens (including phenoxy) is 1. The van der Waals surface area contributed by atoms with Crippen molar-refractivity contribution in [2.45, 2.75) is 57.5 Å². The van der Waals surface area contributed by atoms with Crippen molar-refractivity contribution in [2.24, 2.45) is 11.7 Å². The van der Waals surface area contributed by atoms with Crippen LogP contribution in [-0.4, -0.2) is 43.3 Å². The lowest BCUT2D eigenvalue weighted by molar-refractivity contribution is 0.00110. The van der Waals surface area contributed by atoms with Crippen LogP contribution in [0.2, 0.25) is 0 Å². The van der Waals surface area contributed by atoms with Gasteiger partial charge in [-0.1, -0.05) is 19.8 Å². The summed E-state index contributed by atoms with van der Waals surface area (Å²) in [6.45, 7) is 6.08. The zero-order valence-corrected chi connectivity index (χ0v) is 11.2. The minimum Gasteiger partial charge on any atom is -0.381 e. The molecule has 2 unspecified atom stereocenters. The van der Waals surface area contributed by atoms with E-state index in [9.17, 15) is 0 Å². The Hall–Kier alpha value is -0.120. The van der Waals surface area contributed by atoms with Crippen LogP contribution in [0.25, 0.3) is 0 Å². The molecule has 0 spiro atoms. The second-order valence-corrected chi connectivity index (χ2v) is 5.55. The van der Waals surface area contributed by atoms with Gasteiger partial charge in [-0.05, 0) is 38.1 Å². The third-order valence-electron chi connectivity index (χ3n) is 4.57. The summed E-state index contributed by atoms with van der Waals surface area (Å²) in [5.41, 5.74) is 6.05. The third kappa shape index (κ3) is 3.21. The smallest absolute Gasteiger partial charge is 0.0509 e. The Bertz CT molecular complexity index is 210. The molecule has 2 atom stereocenters. The maximum Gasteiger partial charge on any atom is 0.0509 e. The number of hydrogen-bond donors (Lipinski definition) is 1. The van der Waals surface area contributed by atoms with E-state index < -0.39 is 0 Å². The van der Waals surface area contributed by atoms with E-state index in [2.05, 4.69) is 11.8 Å². The fraction of sp³-hybridized carbons (Fsp3) is 1.00. The van der Waals surface area contributed by atoms with Gasteiger partial charge in [0.1, 0.15) is 0 Å². The molecule has 2 N–H and O–H groups in total. The Morgan fingerprint density at radius 2 is 2.00 bits per heavy atom. The Kier molecular flexibility index (Phi) is 5.26. The Morgan fingerprint density at radius 1 is 1.24 bits per heavy atom. The Morgan fingerprint density at radius 3 is 2.53 bits per heavy atom. The van der Waals surface area contributed by atoms with Gasteiger partial charge in [-0.25, -0.2) is 0 Å². The summed E-state index contributed by atoms with van der Waals surface area (Å²) in [7, 11) is 0. The van der Waals surface area contributed by atoms with Crippen molar-refractivity contribution in [2.75, 3.05) is 26.3 Å². The molecular weight excluding hydrogens is 212 g/mol. The molecule has 2 aliphatic rings. The van der Waals surface area contributed by atoms with Gasteiger partial charge in [0.2, 0.25) is 0 Å². The molecule has 0 radical (unpaired) electrons. The lowest BCUT2D eigenvalue weighted by Crippen LogP contribution is -2.51. The van der Waals surface area contributed by atoms with Gasteiger partial charge in [0, 0.05) is 25.2 Å². The fourth-order valence-corrected chi connectivity index (χ4v) is 3.67. The molecule has 0 aromatic carbocycles. The SMILES string of the molecule is CCN(C1CCCC1)C(CN)C1CCCOC1. The molecule has 1 saturated heterocycles. The second-order valence-electron chi connectivity index (χ2n) is 5.55. The van der Waals surface area contributed by atoms with E-state index in [-0.39, 0.29) is 0 Å². The van der Waals surface area contributed by atoms with E-state index in [1.54, 1.807) is 0 Å². The van der Waals surface area contributed by atoms with Crippen molar-refractivity contribution < 1.29 is 4.74 Å². The summed E-state index contributed by atoms with van der Waals surface area (Å²) >= 11 is 0. The first-order chi connectivity index (χ1) is 8.36. The molecule has 2 rings (SSSR count). The molecule has 0 amide bonds. The molecule has 2 fully saturated rings. The molecule has 3 heteroatoms. The molecule has 0 aromatic rings. The molecule has 17 heavy (non-hydrogen) atoms. The lowest BCUT2D eigenvalue weighted by atomic mass is 9.91. The van der Waals surface area contributed by atoms with Crippen molar-refractivity contribution in [3.63, 3.8) is 0 Å². The molecule has 1 saturated carbocycles. The number of nitrogens with zero attached hydrogens (tertiary/aromatic N) is 1. The first kappa shape index (κ1) is 13.3. The number of likely N-dealkylation sites (N-methyl/N-ethyl adjacent to an activating group) is 1. The van der Waals surface area contributed by atoms with Crippen molar-refractivity contribution in [1.29, 1.82) is 0 Å². The summed E-state index contributed by atoms with van der Waals surface area (Å²) < 4.78 is 5.64. The van der Waals surface area contributed by atoms with Crippen LogP contribution in [0.15, 0.2) is 0 Å². The van der Waals surface area contributed by atoms with E-state index in [4.69, 9.17) is 10.5 Å². The average Bonchev–Trinajstić information content (AvgIpc) is 2.90. The van der Waals surface area contributed by atoms with Crippen LogP contribution in [0.1, 0.15) is 45.4 Å². The van der Waals surface area contributed by atoms with E-state index in [0.717, 1.165) is 32.3 Å². The third-order valence-corrected chi connectivity index (χ3v) is 4.57. The van der Waals surface area contributed by atoms with E-state index >= 15 is 0 Å². The molecule has 1 aliphatic heterocycles. The Labute approximate surface area is 106 Å². The molecule has 0 bridgehead atoms. The maximum atomic E-state index is 6.05. The monoisotopic (exact) mass is 240 g/mol. The minimum atomic E-state index is 0.545. The standard InChI is InChI=1S/C14H28N2O/c1-2-16(13-7-3-4-8-13)14(10-15)12-6-5-9-17-11-12/h12-14H,2-11,15H2,1H3. The van der Waals surface area contributed by atoms with Crippen LogP contribution in [0.3, 0.4) is 0 Å². The highest BCUT2D eigenvalue weighted by molar-refractivity contribution is 4.87. The summed E-state index contributed by atoms with van der Waals surface area (Å²) in [4.78, 5) is 2.67. The van der Waals surface area contributed by atoms with Gasteiger partial charge in [0.15, 0.2) is 0 Å². The van der Waals surface area contributed by atoms with Gasteiger partial charge in [0.25, 0.3) is 0 Å². The van der Waals surface area contributed by atoms with Crippen molar-refractivity contribution in [3.8, 4) is 0 Å². The lowest BCUT2D eigenvalue weighted by Gasteiger charge is -2.40. The van der Waals surface area contributed by atoms with Crippen LogP contribution in [-0.2, 0) is 4.74 Å². The highest BCUT2D eigenvalue weighted by Crippen LogP contribution is 2.29. The molecule has 3 nitrogen and oxygen atoms in total. The zero-order chi connectivity index (χ0) is 12.1. The minimum absolute atomic E-state index is 0.545. The largest absolute Gasteiger partial charge is 0.381 e. The van der Waals surface area contributed by atoms with Gasteiger partial charge in [0.05, 0.1) is 6.61 Å². The van der Waals surface area contributed by atoms with Crippen LogP contribution >= 0.6 is 0 Å². The molecular formula is C14H28N2O. The van der Waals surface area contributed by atoms with Crippen LogP contribution in [0, 0.1) is 5.92 Å². The van der Waals surface area contributed by atoms with Gasteiger partial charge in [-0.15, -0.1) is 0 Å². The van der Waals surface area contributed by atoms with E-state index in [1.807, 2.05) is 0 Å². The summed E-state index contributed by atoms with van der Waals surface area (Å²) in [6.07, 6.45) is 8.06. The number of nitrogens with two attached hydrogens (primary N) is 1. The van der Waals surface area contributed by atoms with Crippen molar-refractivity contribution in [1.82, 2.24) is 4.90 Å². The Balaban J connectivity index is 1.97. The molecule has 100 valence electrons. The van der Waals surface area contributed by atoms with Crippen LogP contribution in [0.5, 0.6) is 0 Å². The highest BCUT2D eigenvalue weighted by atomic mass is 16.5. The van der Waals surface area contributed by atoms with Crippen LogP contribution < -0.4 is 5.73 Å². The molecule has 0 aromatic heterocycles. The van der Waals surface area contributed by atoms with Crippen LogP contribution in [0.4, 0.5) is 0 Å². The summed E-state index contributed by atoms with van der Waals surface area (Å²) in [6, 6.07) is 1.33. The van der Waals surface area contributed by atoms with Gasteiger partial charge >= 0.3 is 0 Å². The maximum absolute atomic E-state index is 6.05. The van der Waals surface area contributed by atoms with Gasteiger partial charge in [-0.3, -0.25) is 4.90 Å². The summed E-state index contributed by atoms with van der Waals surface area (Å²) in [5.74, 6) is 0.661. The zero-order valence-electron chi connectivity index (χ0n) is 11.2. The van der Waals surface area contributed by atoms with E-state index in [0.29, 0.717) is 12.0 Å². The first-order valence-corrected chi connectivity index (χ1v) is 7.40. The highest BCUT2D eigenvalue weighted by Gasteiger charge is 2.32. The second kappa shape index (κ2) is 6.72. The van der Waals surface area contributed by atoms with Gasteiger partial charge < -0.3 is 10.5 Å². The van der Waals surface area contributed by atoms with Crippen molar-refractivity contribution in [3.05, 3.63) is 0 Å². The van der Waals surface area contributed by atoms with Crippen molar-refractivity contribution >= 4 is 0 Å². The quantitative estimate of drug-likeness (QED) is 0.799. The van der Waals surface area contributed by atoms with Gasteiger partial charge in [-0.2, -0.15) is 0 Å². The van der Waals surface area contributed by atoms with E-state index in [1.165, 1.54) is 38.5 Å². The fourth-order valence-electron chi connectivity index (χ4n) is 3.67. The topological polar surface area (TPSA) is 38.5 Å².